The second-order valence-corrected chi connectivity index (χ2v) is 7.58. The van der Waals surface area contributed by atoms with Gasteiger partial charge in [-0.3, -0.25) is 5.32 Å². The van der Waals surface area contributed by atoms with E-state index in [4.69, 9.17) is 0 Å². The Morgan fingerprint density at radius 1 is 0.852 bits per heavy atom. The summed E-state index contributed by atoms with van der Waals surface area (Å²) in [7, 11) is 3.19. The number of hydrogen-bond acceptors (Lipinski definition) is 2. The first-order valence-electron chi connectivity index (χ1n) is 11.1. The number of carbonyl (C=O) groups excluding carboxylic acids is 1. The number of ether oxygens (including phenoxy) is 1. The van der Waals surface area contributed by atoms with Crippen molar-refractivity contribution in [1.29, 1.82) is 0 Å². The quantitative estimate of drug-likeness (QED) is 0.318. The lowest BCUT2D eigenvalue weighted by molar-refractivity contribution is 0.199. The monoisotopic (exact) mass is 374 g/mol. The van der Waals surface area contributed by atoms with Crippen LogP contribution in [0.15, 0.2) is 18.2 Å². The highest BCUT2D eigenvalue weighted by Gasteiger charge is 2.08. The molecular formula is C24H40NO2. The van der Waals surface area contributed by atoms with Gasteiger partial charge in [0.2, 0.25) is 0 Å². The Labute approximate surface area is 167 Å². The second kappa shape index (κ2) is 15.5. The molecule has 0 fully saturated rings. The van der Waals surface area contributed by atoms with Crippen LogP contribution in [0, 0.1) is 7.11 Å². The van der Waals surface area contributed by atoms with Gasteiger partial charge in [0.15, 0.2) is 0 Å². The van der Waals surface area contributed by atoms with Crippen LogP contribution in [0.4, 0.5) is 10.5 Å². The molecule has 3 nitrogen and oxygen atoms in total. The van der Waals surface area contributed by atoms with Crippen LogP contribution in [0.25, 0.3) is 0 Å². The summed E-state index contributed by atoms with van der Waals surface area (Å²) in [6, 6.07) is 6.43. The van der Waals surface area contributed by atoms with Gasteiger partial charge in [-0.25, -0.2) is 4.79 Å². The highest BCUT2D eigenvalue weighted by Crippen LogP contribution is 2.22. The predicted octanol–water partition coefficient (Wildman–Crippen LogP) is 7.83. The van der Waals surface area contributed by atoms with Crippen molar-refractivity contribution in [2.24, 2.45) is 0 Å². The molecule has 0 heterocycles. The van der Waals surface area contributed by atoms with Crippen molar-refractivity contribution in [1.82, 2.24) is 0 Å². The van der Waals surface area contributed by atoms with E-state index in [0.29, 0.717) is 0 Å². The summed E-state index contributed by atoms with van der Waals surface area (Å²) in [5.41, 5.74) is 3.46. The number of amides is 1. The summed E-state index contributed by atoms with van der Waals surface area (Å²) in [6.07, 6.45) is 17.2. The molecule has 0 unspecified atom stereocenters. The molecule has 1 radical (unpaired) electrons. The maximum absolute atomic E-state index is 11.6. The molecule has 1 N–H and O–H groups in total. The van der Waals surface area contributed by atoms with E-state index in [9.17, 15) is 4.79 Å². The average molecular weight is 375 g/mol. The van der Waals surface area contributed by atoms with E-state index in [1.165, 1.54) is 81.8 Å². The van der Waals surface area contributed by atoms with Crippen LogP contribution in [0.5, 0.6) is 0 Å². The SMILES string of the molecule is [CH2]OC(=O)Nc1ccc(CCCCCCCC)cc1CCCCCCCC. The summed E-state index contributed by atoms with van der Waals surface area (Å²) in [6.45, 7) is 4.50. The van der Waals surface area contributed by atoms with Crippen molar-refractivity contribution >= 4 is 11.8 Å². The number of benzene rings is 1. The number of rotatable bonds is 15. The summed E-state index contributed by atoms with van der Waals surface area (Å²) >= 11 is 0. The Morgan fingerprint density at radius 3 is 2.00 bits per heavy atom. The lowest BCUT2D eigenvalue weighted by Crippen LogP contribution is -2.12. The highest BCUT2D eigenvalue weighted by atomic mass is 16.5. The molecule has 0 saturated carbocycles. The molecule has 0 saturated heterocycles. The van der Waals surface area contributed by atoms with Crippen LogP contribution in [-0.2, 0) is 17.6 Å². The first-order valence-corrected chi connectivity index (χ1v) is 11.1. The van der Waals surface area contributed by atoms with Gasteiger partial charge in [0.1, 0.15) is 7.11 Å². The molecule has 1 aromatic carbocycles. The van der Waals surface area contributed by atoms with Crippen molar-refractivity contribution in [3.05, 3.63) is 36.4 Å². The number of hydrogen-bond donors (Lipinski definition) is 1. The molecular weight excluding hydrogens is 334 g/mol. The summed E-state index contributed by atoms with van der Waals surface area (Å²) in [5.74, 6) is 0. The fourth-order valence-corrected chi connectivity index (χ4v) is 3.48. The number of nitrogens with one attached hydrogen (secondary N) is 1. The summed E-state index contributed by atoms with van der Waals surface area (Å²) < 4.78 is 4.52. The number of carbonyl (C=O) groups is 1. The normalized spacial score (nSPS) is 10.8. The largest absolute Gasteiger partial charge is 0.446 e. The van der Waals surface area contributed by atoms with Crippen molar-refractivity contribution < 1.29 is 9.53 Å². The van der Waals surface area contributed by atoms with Crippen molar-refractivity contribution in [3.8, 4) is 0 Å². The van der Waals surface area contributed by atoms with Crippen LogP contribution in [0.1, 0.15) is 102 Å². The molecule has 27 heavy (non-hydrogen) atoms. The zero-order valence-corrected chi connectivity index (χ0v) is 17.7. The average Bonchev–Trinajstić information content (AvgIpc) is 2.68. The van der Waals surface area contributed by atoms with Gasteiger partial charge in [-0.05, 0) is 42.9 Å². The van der Waals surface area contributed by atoms with E-state index in [0.717, 1.165) is 24.9 Å². The van der Waals surface area contributed by atoms with Crippen LogP contribution in [0.2, 0.25) is 0 Å². The Bertz CT molecular complexity index is 513. The Kier molecular flexibility index (Phi) is 13.5. The van der Waals surface area contributed by atoms with Gasteiger partial charge in [-0.15, -0.1) is 0 Å². The maximum atomic E-state index is 11.6. The predicted molar refractivity (Wildman–Crippen MR) is 116 cm³/mol. The van der Waals surface area contributed by atoms with Crippen molar-refractivity contribution in [3.63, 3.8) is 0 Å². The third-order valence-electron chi connectivity index (χ3n) is 5.16. The van der Waals surface area contributed by atoms with E-state index in [1.54, 1.807) is 0 Å². The fraction of sp³-hybridized carbons (Fsp3) is 0.667. The minimum Gasteiger partial charge on any atom is -0.446 e. The van der Waals surface area contributed by atoms with Crippen molar-refractivity contribution in [2.75, 3.05) is 5.32 Å². The summed E-state index contributed by atoms with van der Waals surface area (Å²) in [4.78, 5) is 11.6. The molecule has 153 valence electrons. The molecule has 1 rings (SSSR count). The van der Waals surface area contributed by atoms with E-state index < -0.39 is 6.09 Å². The third kappa shape index (κ3) is 11.0. The smallest absolute Gasteiger partial charge is 0.411 e. The first-order chi connectivity index (χ1) is 13.2. The minimum atomic E-state index is -0.497. The standard InChI is InChI=1S/C24H40NO2/c1-4-6-8-10-12-14-16-21-18-19-23(25-24(26)27-3)22(20-21)17-15-13-11-9-7-5-2/h18-20H,3-17H2,1-2H3,(H,25,26). The van der Waals surface area contributed by atoms with E-state index in [1.807, 2.05) is 6.07 Å². The number of unbranched alkanes of at least 4 members (excludes halogenated alkanes) is 10. The fourth-order valence-electron chi connectivity index (χ4n) is 3.48. The van der Waals surface area contributed by atoms with Crippen LogP contribution >= 0.6 is 0 Å². The molecule has 0 bridgehead atoms. The molecule has 0 aliphatic heterocycles. The second-order valence-electron chi connectivity index (χ2n) is 7.58. The van der Waals surface area contributed by atoms with Crippen LogP contribution < -0.4 is 5.32 Å². The van der Waals surface area contributed by atoms with Crippen LogP contribution in [0.3, 0.4) is 0 Å². The van der Waals surface area contributed by atoms with Gasteiger partial charge in [-0.1, -0.05) is 90.2 Å². The molecule has 0 aromatic heterocycles. The molecule has 0 spiro atoms. The Balaban J connectivity index is 2.54. The zero-order valence-electron chi connectivity index (χ0n) is 17.7. The first kappa shape index (κ1) is 23.5. The molecule has 3 heteroatoms. The van der Waals surface area contributed by atoms with Gasteiger partial charge in [0.05, 0.1) is 0 Å². The van der Waals surface area contributed by atoms with Gasteiger partial charge < -0.3 is 4.74 Å². The topological polar surface area (TPSA) is 38.3 Å². The van der Waals surface area contributed by atoms with Gasteiger partial charge in [0, 0.05) is 5.69 Å². The van der Waals surface area contributed by atoms with Gasteiger partial charge in [0.25, 0.3) is 0 Å². The molecule has 0 aliphatic carbocycles. The Morgan fingerprint density at radius 2 is 1.41 bits per heavy atom. The Hall–Kier alpha value is -1.51. The maximum Gasteiger partial charge on any atom is 0.411 e. The minimum absolute atomic E-state index is 0.497. The van der Waals surface area contributed by atoms with E-state index >= 15 is 0 Å². The molecule has 0 aliphatic rings. The lowest BCUT2D eigenvalue weighted by atomic mass is 9.98. The van der Waals surface area contributed by atoms with Crippen LogP contribution in [-0.4, -0.2) is 6.09 Å². The number of anilines is 1. The number of aryl methyl sites for hydroxylation is 2. The van der Waals surface area contributed by atoms with Crippen molar-refractivity contribution in [2.45, 2.75) is 104 Å². The van der Waals surface area contributed by atoms with E-state index in [2.05, 4.69) is 43.1 Å². The highest BCUT2D eigenvalue weighted by molar-refractivity contribution is 5.85. The molecule has 0 atom stereocenters. The molecule has 1 aromatic rings. The van der Waals surface area contributed by atoms with Gasteiger partial charge in [-0.2, -0.15) is 0 Å². The van der Waals surface area contributed by atoms with E-state index in [-0.39, 0.29) is 0 Å². The zero-order chi connectivity index (χ0) is 19.7. The lowest BCUT2D eigenvalue weighted by Gasteiger charge is -2.13. The molecule has 1 amide bonds. The van der Waals surface area contributed by atoms with Gasteiger partial charge >= 0.3 is 6.09 Å². The summed E-state index contributed by atoms with van der Waals surface area (Å²) in [5, 5.41) is 2.82. The third-order valence-corrected chi connectivity index (χ3v) is 5.16.